The van der Waals surface area contributed by atoms with Crippen LogP contribution in [-0.4, -0.2) is 50.1 Å². The fraction of sp³-hybridized carbons (Fsp3) is 0.526. The van der Waals surface area contributed by atoms with Crippen LogP contribution in [0, 0.1) is 0 Å². The highest BCUT2D eigenvalue weighted by atomic mass is 16.3. The predicted molar refractivity (Wildman–Crippen MR) is 99.6 cm³/mol. The monoisotopic (exact) mass is 328 g/mol. The van der Waals surface area contributed by atoms with Crippen LogP contribution in [0.5, 0.6) is 0 Å². The van der Waals surface area contributed by atoms with Gasteiger partial charge in [0.1, 0.15) is 11.3 Å². The van der Waals surface area contributed by atoms with Gasteiger partial charge in [-0.2, -0.15) is 0 Å². The number of likely N-dealkylation sites (N-methyl/N-ethyl adjacent to an activating group) is 1. The van der Waals surface area contributed by atoms with Crippen LogP contribution in [0.3, 0.4) is 0 Å². The molecular formula is C19H28N4O. The summed E-state index contributed by atoms with van der Waals surface area (Å²) >= 11 is 0. The Morgan fingerprint density at radius 1 is 1.33 bits per heavy atom. The van der Waals surface area contributed by atoms with Crippen molar-refractivity contribution in [2.24, 2.45) is 4.99 Å². The van der Waals surface area contributed by atoms with Gasteiger partial charge in [-0.1, -0.05) is 25.1 Å². The molecule has 1 aliphatic heterocycles. The second-order valence-corrected chi connectivity index (χ2v) is 6.31. The minimum absolute atomic E-state index is 0.629. The first-order valence-electron chi connectivity index (χ1n) is 8.96. The number of para-hydroxylation sites is 1. The van der Waals surface area contributed by atoms with E-state index in [0.717, 1.165) is 48.7 Å². The molecular weight excluding hydrogens is 300 g/mol. The maximum atomic E-state index is 5.85. The lowest BCUT2D eigenvalue weighted by molar-refractivity contribution is 0.267. The molecule has 0 spiro atoms. The van der Waals surface area contributed by atoms with Crippen molar-refractivity contribution >= 4 is 16.9 Å². The summed E-state index contributed by atoms with van der Waals surface area (Å²) in [6.45, 7) is 6.35. The van der Waals surface area contributed by atoms with Crippen LogP contribution >= 0.6 is 0 Å². The van der Waals surface area contributed by atoms with Crippen molar-refractivity contribution in [3.05, 3.63) is 36.1 Å². The molecule has 1 aromatic carbocycles. The van der Waals surface area contributed by atoms with E-state index < -0.39 is 0 Å². The quantitative estimate of drug-likeness (QED) is 0.632. The van der Waals surface area contributed by atoms with Gasteiger partial charge in [-0.15, -0.1) is 0 Å². The minimum atomic E-state index is 0.629. The number of aliphatic imine (C=N–C) groups is 1. The second kappa shape index (κ2) is 8.20. The first-order chi connectivity index (χ1) is 11.8. The maximum absolute atomic E-state index is 5.85. The summed E-state index contributed by atoms with van der Waals surface area (Å²) in [5.74, 6) is 1.88. The molecule has 1 aliphatic rings. The van der Waals surface area contributed by atoms with Gasteiger partial charge in [-0.05, 0) is 38.1 Å². The Balaban J connectivity index is 1.44. The van der Waals surface area contributed by atoms with E-state index in [2.05, 4.69) is 39.6 Å². The third-order valence-electron chi connectivity index (χ3n) is 4.77. The smallest absolute Gasteiger partial charge is 0.191 e. The van der Waals surface area contributed by atoms with E-state index in [-0.39, 0.29) is 0 Å². The second-order valence-electron chi connectivity index (χ2n) is 6.31. The van der Waals surface area contributed by atoms with Crippen molar-refractivity contribution in [3.63, 3.8) is 0 Å². The van der Waals surface area contributed by atoms with Crippen LogP contribution < -0.4 is 10.6 Å². The minimum Gasteiger partial charge on any atom is -0.461 e. The van der Waals surface area contributed by atoms with E-state index in [1.165, 1.54) is 19.4 Å². The van der Waals surface area contributed by atoms with Gasteiger partial charge < -0.3 is 15.1 Å². The number of rotatable bonds is 6. The van der Waals surface area contributed by atoms with Crippen LogP contribution in [0.25, 0.3) is 11.0 Å². The number of fused-ring (bicyclic) bond motifs is 1. The molecule has 0 aliphatic carbocycles. The predicted octanol–water partition coefficient (Wildman–Crippen LogP) is 2.62. The lowest BCUT2D eigenvalue weighted by Gasteiger charge is -2.23. The standard InChI is InChI=1S/C19H28N4O/c1-3-23-12-6-8-16(23)14-22-19(20-2)21-11-10-17-13-15-7-4-5-9-18(15)24-17/h4-5,7,9,13,16H,3,6,8,10-12,14H2,1-2H3,(H2,20,21,22). The Morgan fingerprint density at radius 3 is 3.00 bits per heavy atom. The zero-order chi connectivity index (χ0) is 16.8. The van der Waals surface area contributed by atoms with Gasteiger partial charge in [-0.3, -0.25) is 9.89 Å². The van der Waals surface area contributed by atoms with E-state index in [0.29, 0.717) is 6.04 Å². The Hall–Kier alpha value is -2.01. The SMILES string of the molecule is CCN1CCCC1CNC(=NC)NCCc1cc2ccccc2o1. The molecule has 0 saturated carbocycles. The van der Waals surface area contributed by atoms with Crippen LogP contribution in [0.15, 0.2) is 39.7 Å². The van der Waals surface area contributed by atoms with Crippen molar-refractivity contribution in [2.45, 2.75) is 32.2 Å². The molecule has 130 valence electrons. The Bertz CT molecular complexity index is 646. The molecule has 1 aromatic heterocycles. The zero-order valence-corrected chi connectivity index (χ0v) is 14.7. The van der Waals surface area contributed by atoms with E-state index in [1.54, 1.807) is 0 Å². The van der Waals surface area contributed by atoms with Crippen molar-refractivity contribution in [1.82, 2.24) is 15.5 Å². The van der Waals surface area contributed by atoms with Gasteiger partial charge in [0.05, 0.1) is 0 Å². The molecule has 2 N–H and O–H groups in total. The molecule has 1 atom stereocenters. The van der Waals surface area contributed by atoms with Gasteiger partial charge in [0, 0.05) is 38.0 Å². The molecule has 2 heterocycles. The highest BCUT2D eigenvalue weighted by Gasteiger charge is 2.22. The normalized spacial score (nSPS) is 19.1. The van der Waals surface area contributed by atoms with Crippen LogP contribution in [-0.2, 0) is 6.42 Å². The van der Waals surface area contributed by atoms with Gasteiger partial charge in [-0.25, -0.2) is 0 Å². The van der Waals surface area contributed by atoms with Crippen LogP contribution in [0.1, 0.15) is 25.5 Å². The van der Waals surface area contributed by atoms with Crippen molar-refractivity contribution in [3.8, 4) is 0 Å². The molecule has 0 amide bonds. The van der Waals surface area contributed by atoms with E-state index >= 15 is 0 Å². The topological polar surface area (TPSA) is 52.8 Å². The number of nitrogens with one attached hydrogen (secondary N) is 2. The largest absolute Gasteiger partial charge is 0.461 e. The average Bonchev–Trinajstić information content (AvgIpc) is 3.23. The van der Waals surface area contributed by atoms with Gasteiger partial charge >= 0.3 is 0 Å². The lowest BCUT2D eigenvalue weighted by atomic mass is 10.2. The highest BCUT2D eigenvalue weighted by molar-refractivity contribution is 5.80. The summed E-state index contributed by atoms with van der Waals surface area (Å²) < 4.78 is 5.85. The van der Waals surface area contributed by atoms with Crippen LogP contribution in [0.2, 0.25) is 0 Å². The fourth-order valence-corrected chi connectivity index (χ4v) is 3.44. The van der Waals surface area contributed by atoms with Gasteiger partial charge in [0.15, 0.2) is 5.96 Å². The molecule has 3 rings (SSSR count). The van der Waals surface area contributed by atoms with Gasteiger partial charge in [0.25, 0.3) is 0 Å². The summed E-state index contributed by atoms with van der Waals surface area (Å²) in [7, 11) is 1.82. The fourth-order valence-electron chi connectivity index (χ4n) is 3.44. The van der Waals surface area contributed by atoms with E-state index in [4.69, 9.17) is 4.42 Å². The third kappa shape index (κ3) is 4.09. The lowest BCUT2D eigenvalue weighted by Crippen LogP contribution is -2.45. The zero-order valence-electron chi connectivity index (χ0n) is 14.7. The number of benzene rings is 1. The summed E-state index contributed by atoms with van der Waals surface area (Å²) in [4.78, 5) is 6.86. The Kier molecular flexibility index (Phi) is 5.75. The average molecular weight is 328 g/mol. The number of hydrogen-bond acceptors (Lipinski definition) is 3. The molecule has 24 heavy (non-hydrogen) atoms. The van der Waals surface area contributed by atoms with E-state index in [9.17, 15) is 0 Å². The van der Waals surface area contributed by atoms with Crippen molar-refractivity contribution < 1.29 is 4.42 Å². The first-order valence-corrected chi connectivity index (χ1v) is 8.96. The number of furan rings is 1. The molecule has 0 radical (unpaired) electrons. The first kappa shape index (κ1) is 16.8. The van der Waals surface area contributed by atoms with Gasteiger partial charge in [0.2, 0.25) is 0 Å². The molecule has 5 nitrogen and oxygen atoms in total. The molecule has 5 heteroatoms. The summed E-state index contributed by atoms with van der Waals surface area (Å²) in [6.07, 6.45) is 3.43. The summed E-state index contributed by atoms with van der Waals surface area (Å²) in [6, 6.07) is 10.9. The number of hydrogen-bond donors (Lipinski definition) is 2. The number of likely N-dealkylation sites (tertiary alicyclic amines) is 1. The molecule has 1 saturated heterocycles. The molecule has 0 bridgehead atoms. The van der Waals surface area contributed by atoms with E-state index in [1.807, 2.05) is 25.2 Å². The maximum Gasteiger partial charge on any atom is 0.191 e. The Morgan fingerprint density at radius 2 is 2.21 bits per heavy atom. The number of nitrogens with zero attached hydrogens (tertiary/aromatic N) is 2. The molecule has 1 fully saturated rings. The van der Waals surface area contributed by atoms with Crippen LogP contribution in [0.4, 0.5) is 0 Å². The molecule has 1 unspecified atom stereocenters. The summed E-state index contributed by atoms with van der Waals surface area (Å²) in [5, 5.41) is 8.00. The highest BCUT2D eigenvalue weighted by Crippen LogP contribution is 2.18. The van der Waals surface area contributed by atoms with Crippen molar-refractivity contribution in [2.75, 3.05) is 33.2 Å². The summed E-state index contributed by atoms with van der Waals surface area (Å²) in [5.41, 5.74) is 0.955. The van der Waals surface area contributed by atoms with Crippen molar-refractivity contribution in [1.29, 1.82) is 0 Å². The third-order valence-corrected chi connectivity index (χ3v) is 4.77. The Labute approximate surface area is 144 Å². The molecule has 2 aromatic rings. The number of guanidine groups is 1.